The molecule has 1 heterocycles. The van der Waals surface area contributed by atoms with Gasteiger partial charge in [-0.3, -0.25) is 0 Å². The van der Waals surface area contributed by atoms with E-state index in [-0.39, 0.29) is 5.41 Å². The van der Waals surface area contributed by atoms with Gasteiger partial charge in [0.2, 0.25) is 0 Å². The zero-order valence-corrected chi connectivity index (χ0v) is 9.60. The molecule has 1 aromatic heterocycles. The standard InChI is InChI=1S/C10H17N3S/c1-13(2)9-12-6-8(14-9)10(7-11)4-3-5-10/h6H,3-5,7,11H2,1-2H3. The lowest BCUT2D eigenvalue weighted by atomic mass is 9.68. The summed E-state index contributed by atoms with van der Waals surface area (Å²) in [5.74, 6) is 0. The number of hydrogen-bond donors (Lipinski definition) is 1. The van der Waals surface area contributed by atoms with Gasteiger partial charge in [-0.2, -0.15) is 0 Å². The van der Waals surface area contributed by atoms with Crippen molar-refractivity contribution in [1.82, 2.24) is 4.98 Å². The minimum atomic E-state index is 0.270. The van der Waals surface area contributed by atoms with E-state index in [1.165, 1.54) is 24.1 Å². The Bertz CT molecular complexity index is 309. The lowest BCUT2D eigenvalue weighted by molar-refractivity contribution is 0.258. The minimum absolute atomic E-state index is 0.270. The number of thiazole rings is 1. The first kappa shape index (κ1) is 9.93. The Morgan fingerprint density at radius 3 is 2.64 bits per heavy atom. The number of aromatic nitrogens is 1. The zero-order valence-electron chi connectivity index (χ0n) is 8.79. The summed E-state index contributed by atoms with van der Waals surface area (Å²) in [6.07, 6.45) is 5.79. The van der Waals surface area contributed by atoms with Crippen molar-refractivity contribution in [3.8, 4) is 0 Å². The van der Waals surface area contributed by atoms with E-state index in [0.29, 0.717) is 0 Å². The molecule has 4 heteroatoms. The fourth-order valence-corrected chi connectivity index (χ4v) is 2.97. The maximum Gasteiger partial charge on any atom is 0.184 e. The quantitative estimate of drug-likeness (QED) is 0.825. The Morgan fingerprint density at radius 1 is 1.57 bits per heavy atom. The van der Waals surface area contributed by atoms with Crippen molar-refractivity contribution >= 4 is 16.5 Å². The smallest absolute Gasteiger partial charge is 0.184 e. The molecule has 0 bridgehead atoms. The SMILES string of the molecule is CN(C)c1ncc(C2(CN)CCC2)s1. The fourth-order valence-electron chi connectivity index (χ4n) is 1.87. The van der Waals surface area contributed by atoms with Crippen molar-refractivity contribution in [2.45, 2.75) is 24.7 Å². The van der Waals surface area contributed by atoms with Gasteiger partial charge in [0, 0.05) is 37.1 Å². The number of rotatable bonds is 3. The molecule has 0 radical (unpaired) electrons. The summed E-state index contributed by atoms with van der Waals surface area (Å²) in [7, 11) is 4.05. The second kappa shape index (κ2) is 3.51. The van der Waals surface area contributed by atoms with E-state index in [1.807, 2.05) is 20.3 Å². The van der Waals surface area contributed by atoms with Gasteiger partial charge in [0.05, 0.1) is 0 Å². The average molecular weight is 211 g/mol. The van der Waals surface area contributed by atoms with Crippen LogP contribution in [0.3, 0.4) is 0 Å². The molecular weight excluding hydrogens is 194 g/mol. The molecule has 0 unspecified atom stereocenters. The number of nitrogens with two attached hydrogens (primary N) is 1. The van der Waals surface area contributed by atoms with Gasteiger partial charge in [-0.15, -0.1) is 11.3 Å². The Labute approximate surface area is 88.9 Å². The molecule has 1 aromatic rings. The van der Waals surface area contributed by atoms with Crippen LogP contribution >= 0.6 is 11.3 Å². The van der Waals surface area contributed by atoms with Crippen LogP contribution in [0, 0.1) is 0 Å². The third-order valence-electron chi connectivity index (χ3n) is 3.10. The van der Waals surface area contributed by atoms with Crippen LogP contribution in [0.25, 0.3) is 0 Å². The van der Waals surface area contributed by atoms with Crippen LogP contribution < -0.4 is 10.6 Å². The third kappa shape index (κ3) is 1.42. The largest absolute Gasteiger partial charge is 0.354 e. The topological polar surface area (TPSA) is 42.2 Å². The van der Waals surface area contributed by atoms with Gasteiger partial charge in [-0.25, -0.2) is 4.98 Å². The Kier molecular flexibility index (Phi) is 2.49. The van der Waals surface area contributed by atoms with Crippen LogP contribution in [-0.4, -0.2) is 25.6 Å². The van der Waals surface area contributed by atoms with Crippen molar-refractivity contribution < 1.29 is 0 Å². The van der Waals surface area contributed by atoms with Crippen molar-refractivity contribution in [1.29, 1.82) is 0 Å². The summed E-state index contributed by atoms with van der Waals surface area (Å²) in [5, 5.41) is 1.08. The van der Waals surface area contributed by atoms with Crippen LogP contribution in [0.4, 0.5) is 5.13 Å². The molecule has 1 aliphatic carbocycles. The summed E-state index contributed by atoms with van der Waals surface area (Å²) in [5.41, 5.74) is 6.12. The van der Waals surface area contributed by atoms with Gasteiger partial charge in [-0.05, 0) is 12.8 Å². The minimum Gasteiger partial charge on any atom is -0.354 e. The predicted octanol–water partition coefficient (Wildman–Crippen LogP) is 1.59. The van der Waals surface area contributed by atoms with E-state index in [9.17, 15) is 0 Å². The number of anilines is 1. The van der Waals surface area contributed by atoms with E-state index >= 15 is 0 Å². The second-order valence-corrected chi connectivity index (χ2v) is 5.25. The molecule has 2 N–H and O–H groups in total. The maximum atomic E-state index is 5.85. The zero-order chi connectivity index (χ0) is 10.2. The molecule has 0 spiro atoms. The summed E-state index contributed by atoms with van der Waals surface area (Å²) in [4.78, 5) is 7.82. The molecule has 0 atom stereocenters. The van der Waals surface area contributed by atoms with Crippen LogP contribution in [0.2, 0.25) is 0 Å². The Hall–Kier alpha value is -0.610. The summed E-state index contributed by atoms with van der Waals surface area (Å²) < 4.78 is 0. The lowest BCUT2D eigenvalue weighted by Gasteiger charge is -2.39. The first-order valence-corrected chi connectivity index (χ1v) is 5.83. The van der Waals surface area contributed by atoms with E-state index in [1.54, 1.807) is 11.3 Å². The lowest BCUT2D eigenvalue weighted by Crippen LogP contribution is -2.40. The maximum absolute atomic E-state index is 5.85. The van der Waals surface area contributed by atoms with Crippen LogP contribution in [-0.2, 0) is 5.41 Å². The highest BCUT2D eigenvalue weighted by atomic mass is 32.1. The monoisotopic (exact) mass is 211 g/mol. The van der Waals surface area contributed by atoms with Gasteiger partial charge in [0.1, 0.15) is 0 Å². The fraction of sp³-hybridized carbons (Fsp3) is 0.700. The molecule has 0 aliphatic heterocycles. The Balaban J connectivity index is 2.23. The van der Waals surface area contributed by atoms with Crippen molar-refractivity contribution in [2.24, 2.45) is 5.73 Å². The molecular formula is C10H17N3S. The van der Waals surface area contributed by atoms with Crippen LogP contribution in [0.1, 0.15) is 24.1 Å². The highest BCUT2D eigenvalue weighted by Crippen LogP contribution is 2.45. The number of hydrogen-bond acceptors (Lipinski definition) is 4. The van der Waals surface area contributed by atoms with E-state index < -0.39 is 0 Å². The van der Waals surface area contributed by atoms with E-state index in [4.69, 9.17) is 5.73 Å². The third-order valence-corrected chi connectivity index (χ3v) is 4.51. The van der Waals surface area contributed by atoms with Crippen LogP contribution in [0.15, 0.2) is 6.20 Å². The van der Waals surface area contributed by atoms with Gasteiger partial charge in [0.25, 0.3) is 0 Å². The van der Waals surface area contributed by atoms with Crippen LogP contribution in [0.5, 0.6) is 0 Å². The van der Waals surface area contributed by atoms with Crippen molar-refractivity contribution in [2.75, 3.05) is 25.5 Å². The molecule has 3 nitrogen and oxygen atoms in total. The molecule has 1 aliphatic rings. The van der Waals surface area contributed by atoms with Crippen molar-refractivity contribution in [3.05, 3.63) is 11.1 Å². The van der Waals surface area contributed by atoms with E-state index in [2.05, 4.69) is 9.88 Å². The Morgan fingerprint density at radius 2 is 2.29 bits per heavy atom. The molecule has 78 valence electrons. The molecule has 0 saturated heterocycles. The summed E-state index contributed by atoms with van der Waals surface area (Å²) in [6, 6.07) is 0. The molecule has 2 rings (SSSR count). The molecule has 0 amide bonds. The molecule has 0 aromatic carbocycles. The molecule has 1 fully saturated rings. The van der Waals surface area contributed by atoms with Gasteiger partial charge >= 0.3 is 0 Å². The van der Waals surface area contributed by atoms with Gasteiger partial charge in [0.15, 0.2) is 5.13 Å². The predicted molar refractivity (Wildman–Crippen MR) is 61.0 cm³/mol. The van der Waals surface area contributed by atoms with E-state index in [0.717, 1.165) is 11.7 Å². The first-order chi connectivity index (χ1) is 6.68. The second-order valence-electron chi connectivity index (χ2n) is 4.24. The molecule has 14 heavy (non-hydrogen) atoms. The van der Waals surface area contributed by atoms with Gasteiger partial charge < -0.3 is 10.6 Å². The normalized spacial score (nSPS) is 19.1. The first-order valence-electron chi connectivity index (χ1n) is 5.02. The number of nitrogens with zero attached hydrogens (tertiary/aromatic N) is 2. The van der Waals surface area contributed by atoms with Gasteiger partial charge in [-0.1, -0.05) is 6.42 Å². The summed E-state index contributed by atoms with van der Waals surface area (Å²) >= 11 is 1.78. The molecule has 1 saturated carbocycles. The highest BCUT2D eigenvalue weighted by Gasteiger charge is 2.39. The van der Waals surface area contributed by atoms with Crippen molar-refractivity contribution in [3.63, 3.8) is 0 Å². The summed E-state index contributed by atoms with van der Waals surface area (Å²) in [6.45, 7) is 0.766. The highest BCUT2D eigenvalue weighted by molar-refractivity contribution is 7.15. The average Bonchev–Trinajstić information content (AvgIpc) is 2.52.